The summed E-state index contributed by atoms with van der Waals surface area (Å²) in [6.45, 7) is 4.05. The lowest BCUT2D eigenvalue weighted by molar-refractivity contribution is 0.254. The summed E-state index contributed by atoms with van der Waals surface area (Å²) in [6, 6.07) is 2.16. The van der Waals surface area contributed by atoms with Gasteiger partial charge in [-0.3, -0.25) is 0 Å². The first-order valence-corrected chi connectivity index (χ1v) is 6.78. The van der Waals surface area contributed by atoms with Crippen molar-refractivity contribution in [3.63, 3.8) is 0 Å². The van der Waals surface area contributed by atoms with E-state index < -0.39 is 0 Å². The molecule has 5 heteroatoms. The van der Waals surface area contributed by atoms with Gasteiger partial charge in [-0.05, 0) is 19.8 Å². The Morgan fingerprint density at radius 1 is 1.39 bits per heavy atom. The summed E-state index contributed by atoms with van der Waals surface area (Å²) in [5.41, 5.74) is 0. The molecule has 0 spiro atoms. The van der Waals surface area contributed by atoms with Crippen molar-refractivity contribution >= 4 is 11.6 Å². The summed E-state index contributed by atoms with van der Waals surface area (Å²) in [7, 11) is 0. The quantitative estimate of drug-likeness (QED) is 0.851. The Morgan fingerprint density at radius 3 is 3.06 bits per heavy atom. The normalized spacial score (nSPS) is 20.6. The summed E-state index contributed by atoms with van der Waals surface area (Å²) >= 11 is 0. The largest absolute Gasteiger partial charge is 0.394 e. The van der Waals surface area contributed by atoms with Gasteiger partial charge in [-0.15, -0.1) is 0 Å². The average molecular weight is 250 g/mol. The third-order valence-corrected chi connectivity index (χ3v) is 3.39. The van der Waals surface area contributed by atoms with Crippen molar-refractivity contribution in [3.8, 4) is 0 Å². The van der Waals surface area contributed by atoms with E-state index in [9.17, 15) is 5.11 Å². The standard InChI is InChI=1S/C13H22N4O/c1-2-14-12-8-13(16-10-15-12)17-7-5-3-4-6-11(17)9-18/h8,10-11,18H,2-7,9H2,1H3,(H,14,15,16). The molecule has 1 atom stereocenters. The number of aromatic nitrogens is 2. The van der Waals surface area contributed by atoms with Crippen LogP contribution in [0.15, 0.2) is 12.4 Å². The van der Waals surface area contributed by atoms with Crippen LogP contribution < -0.4 is 10.2 Å². The molecule has 1 saturated heterocycles. The summed E-state index contributed by atoms with van der Waals surface area (Å²) < 4.78 is 0. The molecule has 0 bridgehead atoms. The highest BCUT2D eigenvalue weighted by Gasteiger charge is 2.21. The summed E-state index contributed by atoms with van der Waals surface area (Å²) in [5, 5.41) is 12.7. The van der Waals surface area contributed by atoms with Crippen molar-refractivity contribution in [2.24, 2.45) is 0 Å². The molecule has 1 aliphatic heterocycles. The summed E-state index contributed by atoms with van der Waals surface area (Å²) in [5.74, 6) is 1.77. The monoisotopic (exact) mass is 250 g/mol. The first-order valence-electron chi connectivity index (χ1n) is 6.78. The maximum absolute atomic E-state index is 9.52. The predicted molar refractivity (Wildman–Crippen MR) is 72.9 cm³/mol. The van der Waals surface area contributed by atoms with Gasteiger partial charge in [0.1, 0.15) is 18.0 Å². The highest BCUT2D eigenvalue weighted by molar-refractivity contribution is 5.49. The topological polar surface area (TPSA) is 61.3 Å². The zero-order chi connectivity index (χ0) is 12.8. The van der Waals surface area contributed by atoms with Crippen LogP contribution in [0.3, 0.4) is 0 Å². The third kappa shape index (κ3) is 3.10. The number of anilines is 2. The van der Waals surface area contributed by atoms with Gasteiger partial charge in [0, 0.05) is 19.2 Å². The van der Waals surface area contributed by atoms with Crippen LogP contribution in [-0.2, 0) is 0 Å². The van der Waals surface area contributed by atoms with Crippen molar-refractivity contribution < 1.29 is 5.11 Å². The lowest BCUT2D eigenvalue weighted by Gasteiger charge is -2.29. The third-order valence-electron chi connectivity index (χ3n) is 3.39. The van der Waals surface area contributed by atoms with Gasteiger partial charge in [0.15, 0.2) is 0 Å². The Balaban J connectivity index is 2.18. The van der Waals surface area contributed by atoms with Gasteiger partial charge in [0.25, 0.3) is 0 Å². The number of nitrogens with zero attached hydrogens (tertiary/aromatic N) is 3. The van der Waals surface area contributed by atoms with Gasteiger partial charge in [-0.25, -0.2) is 9.97 Å². The first kappa shape index (κ1) is 13.1. The molecular weight excluding hydrogens is 228 g/mol. The fourth-order valence-corrected chi connectivity index (χ4v) is 2.45. The van der Waals surface area contributed by atoms with Crippen molar-refractivity contribution in [2.75, 3.05) is 29.9 Å². The first-order chi connectivity index (χ1) is 8.85. The molecule has 2 heterocycles. The van der Waals surface area contributed by atoms with Gasteiger partial charge in [-0.2, -0.15) is 0 Å². The number of hydrogen-bond donors (Lipinski definition) is 2. The minimum Gasteiger partial charge on any atom is -0.394 e. The molecule has 2 N–H and O–H groups in total. The Hall–Kier alpha value is -1.36. The van der Waals surface area contributed by atoms with E-state index >= 15 is 0 Å². The van der Waals surface area contributed by atoms with E-state index in [0.717, 1.165) is 37.6 Å². The maximum atomic E-state index is 9.52. The second-order valence-electron chi connectivity index (χ2n) is 4.67. The van der Waals surface area contributed by atoms with Crippen LogP contribution in [-0.4, -0.2) is 40.8 Å². The van der Waals surface area contributed by atoms with Crippen molar-refractivity contribution in [2.45, 2.75) is 38.6 Å². The molecule has 18 heavy (non-hydrogen) atoms. The molecule has 5 nitrogen and oxygen atoms in total. The fraction of sp³-hybridized carbons (Fsp3) is 0.692. The lowest BCUT2D eigenvalue weighted by atomic mass is 10.1. The number of aliphatic hydroxyl groups excluding tert-OH is 1. The highest BCUT2D eigenvalue weighted by atomic mass is 16.3. The second kappa shape index (κ2) is 6.54. The van der Waals surface area contributed by atoms with Crippen LogP contribution in [0.1, 0.15) is 32.6 Å². The van der Waals surface area contributed by atoms with Gasteiger partial charge in [0.05, 0.1) is 12.6 Å². The smallest absolute Gasteiger partial charge is 0.134 e. The molecule has 100 valence electrons. The molecule has 2 rings (SSSR count). The molecular formula is C13H22N4O. The van der Waals surface area contributed by atoms with Crippen LogP contribution >= 0.6 is 0 Å². The number of hydrogen-bond acceptors (Lipinski definition) is 5. The number of rotatable bonds is 4. The van der Waals surface area contributed by atoms with Crippen LogP contribution in [0.2, 0.25) is 0 Å². The van der Waals surface area contributed by atoms with E-state index in [0.29, 0.717) is 0 Å². The van der Waals surface area contributed by atoms with E-state index in [2.05, 4.69) is 20.2 Å². The maximum Gasteiger partial charge on any atom is 0.134 e. The Labute approximate surface area is 108 Å². The Morgan fingerprint density at radius 2 is 2.28 bits per heavy atom. The molecule has 1 aliphatic rings. The summed E-state index contributed by atoms with van der Waals surface area (Å²) in [6.07, 6.45) is 6.21. The average Bonchev–Trinajstić information content (AvgIpc) is 2.64. The zero-order valence-corrected chi connectivity index (χ0v) is 11.0. The molecule has 0 amide bonds. The van der Waals surface area contributed by atoms with Crippen LogP contribution in [0.4, 0.5) is 11.6 Å². The number of aliphatic hydroxyl groups is 1. The molecule has 0 radical (unpaired) electrons. The zero-order valence-electron chi connectivity index (χ0n) is 11.0. The Kier molecular flexibility index (Phi) is 4.75. The second-order valence-corrected chi connectivity index (χ2v) is 4.67. The predicted octanol–water partition coefficient (Wildman–Crippen LogP) is 1.65. The van der Waals surface area contributed by atoms with E-state index in [1.165, 1.54) is 12.8 Å². The van der Waals surface area contributed by atoms with Crippen LogP contribution in [0, 0.1) is 0 Å². The van der Waals surface area contributed by atoms with Crippen molar-refractivity contribution in [1.82, 2.24) is 9.97 Å². The van der Waals surface area contributed by atoms with E-state index in [1.54, 1.807) is 6.33 Å². The Bertz CT molecular complexity index is 372. The van der Waals surface area contributed by atoms with Crippen molar-refractivity contribution in [1.29, 1.82) is 0 Å². The molecule has 0 aromatic carbocycles. The van der Waals surface area contributed by atoms with E-state index in [1.807, 2.05) is 13.0 Å². The highest BCUT2D eigenvalue weighted by Crippen LogP contribution is 2.23. The molecule has 1 aromatic rings. The van der Waals surface area contributed by atoms with Gasteiger partial charge in [-0.1, -0.05) is 12.8 Å². The minimum atomic E-state index is 0.192. The van der Waals surface area contributed by atoms with E-state index in [-0.39, 0.29) is 12.6 Å². The van der Waals surface area contributed by atoms with Gasteiger partial charge < -0.3 is 15.3 Å². The molecule has 1 aromatic heterocycles. The molecule has 1 unspecified atom stereocenters. The summed E-state index contributed by atoms with van der Waals surface area (Å²) in [4.78, 5) is 10.8. The number of nitrogens with one attached hydrogen (secondary N) is 1. The fourth-order valence-electron chi connectivity index (χ4n) is 2.45. The van der Waals surface area contributed by atoms with Crippen LogP contribution in [0.25, 0.3) is 0 Å². The van der Waals surface area contributed by atoms with Crippen LogP contribution in [0.5, 0.6) is 0 Å². The SMILES string of the molecule is CCNc1cc(N2CCCCCC2CO)ncn1. The van der Waals surface area contributed by atoms with Gasteiger partial charge >= 0.3 is 0 Å². The minimum absolute atomic E-state index is 0.192. The lowest BCUT2D eigenvalue weighted by Crippen LogP contribution is -2.38. The molecule has 1 fully saturated rings. The molecule has 0 aliphatic carbocycles. The van der Waals surface area contributed by atoms with Crippen molar-refractivity contribution in [3.05, 3.63) is 12.4 Å². The molecule has 0 saturated carbocycles. The van der Waals surface area contributed by atoms with E-state index in [4.69, 9.17) is 0 Å². The van der Waals surface area contributed by atoms with Gasteiger partial charge in [0.2, 0.25) is 0 Å².